The number of hydrogen-bond acceptors (Lipinski definition) is 4. The summed E-state index contributed by atoms with van der Waals surface area (Å²) >= 11 is 1.14. The Labute approximate surface area is 146 Å². The van der Waals surface area contributed by atoms with E-state index in [0.717, 1.165) is 17.3 Å². The lowest BCUT2D eigenvalue weighted by atomic mass is 10.2. The normalized spacial score (nSPS) is 10.6. The van der Waals surface area contributed by atoms with Gasteiger partial charge in [-0.2, -0.15) is 0 Å². The zero-order chi connectivity index (χ0) is 17.6. The van der Waals surface area contributed by atoms with Crippen LogP contribution in [0.1, 0.15) is 5.56 Å². The first-order valence-electron chi connectivity index (χ1n) is 7.43. The summed E-state index contributed by atoms with van der Waals surface area (Å²) in [4.78, 5) is 16.0. The predicted molar refractivity (Wildman–Crippen MR) is 90.7 cm³/mol. The fourth-order valence-electron chi connectivity index (χ4n) is 2.07. The minimum absolute atomic E-state index is 0.121. The van der Waals surface area contributed by atoms with E-state index in [0.29, 0.717) is 23.1 Å². The number of H-pyrrole nitrogens is 1. The van der Waals surface area contributed by atoms with Crippen molar-refractivity contribution in [1.29, 1.82) is 0 Å². The van der Waals surface area contributed by atoms with Crippen LogP contribution in [0.4, 0.5) is 8.78 Å². The number of rotatable bonds is 6. The molecule has 0 saturated carbocycles. The van der Waals surface area contributed by atoms with E-state index < -0.39 is 5.82 Å². The molecule has 0 fully saturated rings. The van der Waals surface area contributed by atoms with Crippen LogP contribution in [0.2, 0.25) is 0 Å². The van der Waals surface area contributed by atoms with Gasteiger partial charge in [-0.3, -0.25) is 9.89 Å². The largest absolute Gasteiger partial charge is 0.351 e. The number of benzene rings is 2. The number of hydrogen-bond donors (Lipinski definition) is 2. The summed E-state index contributed by atoms with van der Waals surface area (Å²) in [6, 6.07) is 12.1. The zero-order valence-corrected chi connectivity index (χ0v) is 13.8. The summed E-state index contributed by atoms with van der Waals surface area (Å²) in [6.45, 7) is 0.314. The third kappa shape index (κ3) is 4.63. The summed E-state index contributed by atoms with van der Waals surface area (Å²) in [5, 5.41) is 9.72. The molecular formula is C17H14F2N4OS. The van der Waals surface area contributed by atoms with Crippen molar-refractivity contribution in [2.75, 3.05) is 5.75 Å². The maximum absolute atomic E-state index is 13.7. The standard InChI is InChI=1S/C17H14F2N4OS/c18-12-7-5-11(6-8-12)9-20-15(24)10-25-17-21-16(22-23-17)13-3-1-2-4-14(13)19/h1-8H,9-10H2,(H,20,24)(H,21,22,23). The molecule has 0 aliphatic carbocycles. The van der Waals surface area contributed by atoms with Crippen molar-refractivity contribution >= 4 is 17.7 Å². The summed E-state index contributed by atoms with van der Waals surface area (Å²) < 4.78 is 26.5. The molecule has 3 rings (SSSR count). The van der Waals surface area contributed by atoms with Crippen LogP contribution < -0.4 is 5.32 Å². The predicted octanol–water partition coefficient (Wildman–Crippen LogP) is 3.16. The van der Waals surface area contributed by atoms with Gasteiger partial charge in [0.2, 0.25) is 11.1 Å². The maximum Gasteiger partial charge on any atom is 0.230 e. The van der Waals surface area contributed by atoms with Crippen molar-refractivity contribution in [2.45, 2.75) is 11.7 Å². The van der Waals surface area contributed by atoms with Gasteiger partial charge in [0.05, 0.1) is 11.3 Å². The molecule has 3 aromatic rings. The fraction of sp³-hybridized carbons (Fsp3) is 0.118. The van der Waals surface area contributed by atoms with E-state index >= 15 is 0 Å². The SMILES string of the molecule is O=C(CSc1n[nH]c(-c2ccccc2F)n1)NCc1ccc(F)cc1. The zero-order valence-electron chi connectivity index (χ0n) is 13.0. The second-order valence-electron chi connectivity index (χ2n) is 5.14. The van der Waals surface area contributed by atoms with E-state index in [4.69, 9.17) is 0 Å². The molecule has 5 nitrogen and oxygen atoms in total. The number of carbonyl (C=O) groups is 1. The van der Waals surface area contributed by atoms with Crippen LogP contribution in [-0.2, 0) is 11.3 Å². The van der Waals surface area contributed by atoms with E-state index in [9.17, 15) is 13.6 Å². The molecule has 0 radical (unpaired) electrons. The molecule has 2 N–H and O–H groups in total. The lowest BCUT2D eigenvalue weighted by Crippen LogP contribution is -2.24. The van der Waals surface area contributed by atoms with Crippen molar-refractivity contribution in [3.8, 4) is 11.4 Å². The number of aromatic nitrogens is 3. The van der Waals surface area contributed by atoms with E-state index in [-0.39, 0.29) is 17.5 Å². The number of nitrogens with zero attached hydrogens (tertiary/aromatic N) is 2. The molecule has 0 unspecified atom stereocenters. The van der Waals surface area contributed by atoms with Crippen molar-refractivity contribution in [2.24, 2.45) is 0 Å². The van der Waals surface area contributed by atoms with Crippen molar-refractivity contribution < 1.29 is 13.6 Å². The van der Waals surface area contributed by atoms with E-state index in [1.165, 1.54) is 18.2 Å². The highest BCUT2D eigenvalue weighted by atomic mass is 32.2. The minimum atomic E-state index is -0.396. The van der Waals surface area contributed by atoms with Crippen LogP contribution in [0.15, 0.2) is 53.7 Å². The molecule has 25 heavy (non-hydrogen) atoms. The van der Waals surface area contributed by atoms with Crippen LogP contribution in [0.3, 0.4) is 0 Å². The molecule has 2 aromatic carbocycles. The Bertz CT molecular complexity index is 867. The number of amides is 1. The van der Waals surface area contributed by atoms with Gasteiger partial charge in [-0.1, -0.05) is 36.0 Å². The van der Waals surface area contributed by atoms with Crippen molar-refractivity contribution in [3.63, 3.8) is 0 Å². The molecule has 8 heteroatoms. The third-order valence-corrected chi connectivity index (χ3v) is 4.18. The second-order valence-corrected chi connectivity index (χ2v) is 6.08. The lowest BCUT2D eigenvalue weighted by molar-refractivity contribution is -0.118. The van der Waals surface area contributed by atoms with E-state index in [2.05, 4.69) is 20.5 Å². The van der Waals surface area contributed by atoms with Gasteiger partial charge in [-0.05, 0) is 29.8 Å². The summed E-state index contributed by atoms with van der Waals surface area (Å²) in [5.74, 6) is -0.484. The first-order chi connectivity index (χ1) is 12.1. The number of halogens is 2. The number of thioether (sulfide) groups is 1. The van der Waals surface area contributed by atoms with Gasteiger partial charge < -0.3 is 5.32 Å². The van der Waals surface area contributed by atoms with E-state index in [1.807, 2.05) is 0 Å². The monoisotopic (exact) mass is 360 g/mol. The van der Waals surface area contributed by atoms with Crippen molar-refractivity contribution in [1.82, 2.24) is 20.5 Å². The van der Waals surface area contributed by atoms with Gasteiger partial charge in [0, 0.05) is 6.54 Å². The van der Waals surface area contributed by atoms with Gasteiger partial charge in [-0.15, -0.1) is 5.10 Å². The molecular weight excluding hydrogens is 346 g/mol. The van der Waals surface area contributed by atoms with Crippen LogP contribution >= 0.6 is 11.8 Å². The van der Waals surface area contributed by atoms with Crippen LogP contribution in [-0.4, -0.2) is 26.8 Å². The number of nitrogens with one attached hydrogen (secondary N) is 2. The molecule has 1 heterocycles. The Morgan fingerprint density at radius 1 is 1.12 bits per heavy atom. The van der Waals surface area contributed by atoms with Crippen LogP contribution in [0.25, 0.3) is 11.4 Å². The average molecular weight is 360 g/mol. The smallest absolute Gasteiger partial charge is 0.230 e. The fourth-order valence-corrected chi connectivity index (χ4v) is 2.70. The molecule has 0 bridgehead atoms. The topological polar surface area (TPSA) is 70.7 Å². The molecule has 1 aromatic heterocycles. The van der Waals surface area contributed by atoms with Crippen LogP contribution in [0.5, 0.6) is 0 Å². The Hall–Kier alpha value is -2.74. The first kappa shape index (κ1) is 17.1. The molecule has 0 saturated heterocycles. The van der Waals surface area contributed by atoms with Gasteiger partial charge in [-0.25, -0.2) is 13.8 Å². The second kappa shape index (κ2) is 7.89. The summed E-state index contributed by atoms with van der Waals surface area (Å²) in [6.07, 6.45) is 0. The Morgan fingerprint density at radius 2 is 1.88 bits per heavy atom. The van der Waals surface area contributed by atoms with Gasteiger partial charge in [0.15, 0.2) is 5.82 Å². The Balaban J connectivity index is 1.51. The maximum atomic E-state index is 13.7. The van der Waals surface area contributed by atoms with Gasteiger partial charge >= 0.3 is 0 Å². The van der Waals surface area contributed by atoms with E-state index in [1.54, 1.807) is 30.3 Å². The number of carbonyl (C=O) groups excluding carboxylic acids is 1. The molecule has 1 amide bonds. The molecule has 128 valence electrons. The minimum Gasteiger partial charge on any atom is -0.351 e. The van der Waals surface area contributed by atoms with Gasteiger partial charge in [0.25, 0.3) is 0 Å². The quantitative estimate of drug-likeness (QED) is 0.663. The highest BCUT2D eigenvalue weighted by Gasteiger charge is 2.11. The average Bonchev–Trinajstić information content (AvgIpc) is 3.08. The first-order valence-corrected chi connectivity index (χ1v) is 8.41. The summed E-state index contributed by atoms with van der Waals surface area (Å²) in [7, 11) is 0. The molecule has 0 aliphatic rings. The summed E-state index contributed by atoms with van der Waals surface area (Å²) in [5.41, 5.74) is 1.13. The number of aromatic amines is 1. The highest BCUT2D eigenvalue weighted by Crippen LogP contribution is 2.21. The Morgan fingerprint density at radius 3 is 2.64 bits per heavy atom. The molecule has 0 aliphatic heterocycles. The Kier molecular flexibility index (Phi) is 5.39. The molecule has 0 atom stereocenters. The third-order valence-electron chi connectivity index (χ3n) is 3.33. The van der Waals surface area contributed by atoms with Crippen molar-refractivity contribution in [3.05, 3.63) is 65.7 Å². The lowest BCUT2D eigenvalue weighted by Gasteiger charge is -2.04. The van der Waals surface area contributed by atoms with Gasteiger partial charge in [0.1, 0.15) is 11.6 Å². The van der Waals surface area contributed by atoms with Crippen LogP contribution in [0, 0.1) is 11.6 Å². The highest BCUT2D eigenvalue weighted by molar-refractivity contribution is 7.99. The molecule has 0 spiro atoms.